The Morgan fingerprint density at radius 3 is 2.62 bits per heavy atom. The highest BCUT2D eigenvalue weighted by atomic mass is 16.5. The standard InChI is InChI=1S/C26H28N2O4/c1-29-16-18-12-11-17(32-18)15-28-14-13-20-19-7-4-5-9-22(19)27-24(20)25(28)21-8-6-10-23(30-2)26(21)31-3/h4-12,25,27H,13-16H2,1-3H3/t25-/m1/s1. The largest absolute Gasteiger partial charge is 0.493 e. The lowest BCUT2D eigenvalue weighted by atomic mass is 9.91. The number of ether oxygens (including phenoxy) is 3. The monoisotopic (exact) mass is 432 g/mol. The molecule has 2 aromatic heterocycles. The van der Waals surface area contributed by atoms with E-state index in [4.69, 9.17) is 18.6 Å². The second kappa shape index (κ2) is 8.73. The fourth-order valence-corrected chi connectivity index (χ4v) is 4.87. The van der Waals surface area contributed by atoms with Crippen LogP contribution in [0, 0.1) is 0 Å². The van der Waals surface area contributed by atoms with Crippen molar-refractivity contribution in [3.63, 3.8) is 0 Å². The van der Waals surface area contributed by atoms with Gasteiger partial charge in [0, 0.05) is 35.8 Å². The van der Waals surface area contributed by atoms with E-state index in [2.05, 4.69) is 40.2 Å². The maximum absolute atomic E-state index is 6.03. The summed E-state index contributed by atoms with van der Waals surface area (Å²) < 4.78 is 22.7. The van der Waals surface area contributed by atoms with Crippen LogP contribution in [0.25, 0.3) is 10.9 Å². The highest BCUT2D eigenvalue weighted by molar-refractivity contribution is 5.85. The van der Waals surface area contributed by atoms with Gasteiger partial charge in [0.25, 0.3) is 0 Å². The van der Waals surface area contributed by atoms with Crippen LogP contribution in [0.3, 0.4) is 0 Å². The molecule has 1 aliphatic rings. The maximum atomic E-state index is 6.03. The molecule has 6 heteroatoms. The van der Waals surface area contributed by atoms with E-state index in [0.717, 1.165) is 47.1 Å². The van der Waals surface area contributed by atoms with Crippen molar-refractivity contribution in [1.82, 2.24) is 9.88 Å². The number of H-pyrrole nitrogens is 1. The van der Waals surface area contributed by atoms with Crippen molar-refractivity contribution in [2.45, 2.75) is 25.6 Å². The topological polar surface area (TPSA) is 59.9 Å². The zero-order valence-corrected chi connectivity index (χ0v) is 18.7. The van der Waals surface area contributed by atoms with Gasteiger partial charge in [0.1, 0.15) is 18.1 Å². The Morgan fingerprint density at radius 2 is 1.81 bits per heavy atom. The molecule has 0 radical (unpaired) electrons. The van der Waals surface area contributed by atoms with Crippen molar-refractivity contribution < 1.29 is 18.6 Å². The number of rotatable bonds is 7. The third kappa shape index (κ3) is 3.55. The summed E-state index contributed by atoms with van der Waals surface area (Å²) in [6.45, 7) is 2.06. The van der Waals surface area contributed by atoms with Gasteiger partial charge in [-0.3, -0.25) is 4.90 Å². The fraction of sp³-hybridized carbons (Fsp3) is 0.308. The van der Waals surface area contributed by atoms with E-state index < -0.39 is 0 Å². The summed E-state index contributed by atoms with van der Waals surface area (Å²) in [5.41, 5.74) is 4.80. The number of fused-ring (bicyclic) bond motifs is 3. The number of methoxy groups -OCH3 is 3. The van der Waals surface area contributed by atoms with Crippen LogP contribution >= 0.6 is 0 Å². The summed E-state index contributed by atoms with van der Waals surface area (Å²) in [5.74, 6) is 3.24. The number of nitrogens with one attached hydrogen (secondary N) is 1. The summed E-state index contributed by atoms with van der Waals surface area (Å²) in [4.78, 5) is 6.14. The maximum Gasteiger partial charge on any atom is 0.165 e. The molecule has 1 aliphatic heterocycles. The van der Waals surface area contributed by atoms with Gasteiger partial charge >= 0.3 is 0 Å². The van der Waals surface area contributed by atoms with E-state index in [0.29, 0.717) is 13.2 Å². The van der Waals surface area contributed by atoms with Gasteiger partial charge in [0.15, 0.2) is 11.5 Å². The van der Waals surface area contributed by atoms with Crippen LogP contribution in [0.5, 0.6) is 11.5 Å². The van der Waals surface area contributed by atoms with Gasteiger partial charge in [-0.1, -0.05) is 30.3 Å². The molecule has 0 saturated carbocycles. The zero-order chi connectivity index (χ0) is 22.1. The van der Waals surface area contributed by atoms with Crippen LogP contribution in [0.2, 0.25) is 0 Å². The van der Waals surface area contributed by atoms with E-state index in [1.54, 1.807) is 21.3 Å². The molecule has 1 N–H and O–H groups in total. The minimum Gasteiger partial charge on any atom is -0.493 e. The van der Waals surface area contributed by atoms with Crippen LogP contribution in [0.1, 0.15) is 34.4 Å². The van der Waals surface area contributed by atoms with Gasteiger partial charge in [0.2, 0.25) is 0 Å². The molecular formula is C26H28N2O4. The second-order valence-corrected chi connectivity index (χ2v) is 8.07. The Kier molecular flexibility index (Phi) is 5.64. The van der Waals surface area contributed by atoms with Crippen LogP contribution in [0.4, 0.5) is 0 Å². The lowest BCUT2D eigenvalue weighted by Crippen LogP contribution is -2.35. The molecule has 0 amide bonds. The fourth-order valence-electron chi connectivity index (χ4n) is 4.87. The number of para-hydroxylation sites is 2. The Balaban J connectivity index is 1.62. The summed E-state index contributed by atoms with van der Waals surface area (Å²) in [5, 5.41) is 1.29. The molecule has 0 bridgehead atoms. The zero-order valence-electron chi connectivity index (χ0n) is 18.7. The summed E-state index contributed by atoms with van der Waals surface area (Å²) >= 11 is 0. The van der Waals surface area contributed by atoms with E-state index in [1.807, 2.05) is 24.3 Å². The average Bonchev–Trinajstić information content (AvgIpc) is 3.42. The Labute approximate surface area is 187 Å². The molecule has 4 aromatic rings. The van der Waals surface area contributed by atoms with Crippen molar-refractivity contribution in [3.8, 4) is 11.5 Å². The lowest BCUT2D eigenvalue weighted by molar-refractivity contribution is 0.152. The van der Waals surface area contributed by atoms with Gasteiger partial charge in [-0.25, -0.2) is 0 Å². The minimum atomic E-state index is -0.0211. The molecule has 32 heavy (non-hydrogen) atoms. The number of furan rings is 1. The number of benzene rings is 2. The van der Waals surface area contributed by atoms with Gasteiger partial charge in [0.05, 0.1) is 26.8 Å². The Bertz CT molecular complexity index is 1230. The number of aromatic amines is 1. The van der Waals surface area contributed by atoms with Gasteiger partial charge in [-0.15, -0.1) is 0 Å². The van der Waals surface area contributed by atoms with Gasteiger partial charge in [-0.2, -0.15) is 0 Å². The highest BCUT2D eigenvalue weighted by Crippen LogP contribution is 2.44. The first-order valence-corrected chi connectivity index (χ1v) is 10.8. The van der Waals surface area contributed by atoms with Crippen LogP contribution in [0.15, 0.2) is 59.0 Å². The van der Waals surface area contributed by atoms with Crippen molar-refractivity contribution >= 4 is 10.9 Å². The molecule has 0 unspecified atom stereocenters. The van der Waals surface area contributed by atoms with Gasteiger partial charge < -0.3 is 23.6 Å². The van der Waals surface area contributed by atoms with Gasteiger partial charge in [-0.05, 0) is 36.2 Å². The minimum absolute atomic E-state index is 0.0211. The number of nitrogens with zero attached hydrogens (tertiary/aromatic N) is 1. The molecule has 0 aliphatic carbocycles. The van der Waals surface area contributed by atoms with Crippen molar-refractivity contribution in [3.05, 3.63) is 82.9 Å². The molecule has 3 heterocycles. The quantitative estimate of drug-likeness (QED) is 0.442. The molecule has 166 valence electrons. The number of hydrogen-bond acceptors (Lipinski definition) is 5. The summed E-state index contributed by atoms with van der Waals surface area (Å²) in [6, 6.07) is 18.6. The average molecular weight is 433 g/mol. The predicted molar refractivity (Wildman–Crippen MR) is 123 cm³/mol. The molecule has 5 rings (SSSR count). The third-order valence-electron chi connectivity index (χ3n) is 6.23. The highest BCUT2D eigenvalue weighted by Gasteiger charge is 2.34. The predicted octanol–water partition coefficient (Wildman–Crippen LogP) is 5.07. The molecule has 1 atom stereocenters. The molecule has 0 spiro atoms. The normalized spacial score (nSPS) is 16.3. The first-order valence-electron chi connectivity index (χ1n) is 10.8. The van der Waals surface area contributed by atoms with Crippen LogP contribution in [-0.4, -0.2) is 37.8 Å². The Morgan fingerprint density at radius 1 is 0.969 bits per heavy atom. The lowest BCUT2D eigenvalue weighted by Gasteiger charge is -2.36. The second-order valence-electron chi connectivity index (χ2n) is 8.07. The first-order chi connectivity index (χ1) is 15.7. The van der Waals surface area contributed by atoms with Crippen molar-refractivity contribution in [2.24, 2.45) is 0 Å². The van der Waals surface area contributed by atoms with Crippen molar-refractivity contribution in [2.75, 3.05) is 27.9 Å². The number of aromatic nitrogens is 1. The SMILES string of the molecule is COCc1ccc(CN2CCc3c([nH]c4ccccc34)[C@H]2c2cccc(OC)c2OC)o1. The van der Waals surface area contributed by atoms with Crippen molar-refractivity contribution in [1.29, 1.82) is 0 Å². The molecule has 2 aromatic carbocycles. The van der Waals surface area contributed by atoms with E-state index in [1.165, 1.54) is 16.6 Å². The molecular weight excluding hydrogens is 404 g/mol. The third-order valence-corrected chi connectivity index (χ3v) is 6.23. The molecule has 0 fully saturated rings. The van der Waals surface area contributed by atoms with E-state index in [9.17, 15) is 0 Å². The Hall–Kier alpha value is -3.22. The summed E-state index contributed by atoms with van der Waals surface area (Å²) in [6.07, 6.45) is 0.966. The number of hydrogen-bond donors (Lipinski definition) is 1. The van der Waals surface area contributed by atoms with E-state index >= 15 is 0 Å². The first kappa shape index (κ1) is 20.7. The summed E-state index contributed by atoms with van der Waals surface area (Å²) in [7, 11) is 5.05. The van der Waals surface area contributed by atoms with Crippen LogP contribution in [-0.2, 0) is 24.3 Å². The molecule has 6 nitrogen and oxygen atoms in total. The van der Waals surface area contributed by atoms with E-state index in [-0.39, 0.29) is 6.04 Å². The smallest absolute Gasteiger partial charge is 0.165 e. The van der Waals surface area contributed by atoms with Crippen LogP contribution < -0.4 is 9.47 Å². The molecule has 0 saturated heterocycles.